The number of unbranched alkanes of at least 4 members (excludes halogenated alkanes) is 28. The molecule has 0 aromatic rings. The van der Waals surface area contributed by atoms with Gasteiger partial charge in [0.15, 0.2) is 12.4 Å². The highest BCUT2D eigenvalue weighted by atomic mass is 16.7. The first-order valence-electron chi connectivity index (χ1n) is 32.1. The van der Waals surface area contributed by atoms with Gasteiger partial charge in [0.1, 0.15) is 24.4 Å². The normalized spacial score (nSPS) is 19.5. The van der Waals surface area contributed by atoms with Crippen LogP contribution in [0, 0.1) is 0 Å². The van der Waals surface area contributed by atoms with E-state index in [2.05, 4.69) is 68.6 Å². The lowest BCUT2D eigenvalue weighted by molar-refractivity contribution is -0.305. The zero-order valence-electron chi connectivity index (χ0n) is 50.2. The van der Waals surface area contributed by atoms with Gasteiger partial charge in [-0.1, -0.05) is 266 Å². The molecule has 0 spiro atoms. The van der Waals surface area contributed by atoms with Crippen molar-refractivity contribution >= 4 is 11.9 Å². The van der Waals surface area contributed by atoms with Crippen molar-refractivity contribution in [3.63, 3.8) is 0 Å². The first kappa shape index (κ1) is 73.6. The summed E-state index contributed by atoms with van der Waals surface area (Å²) < 4.78 is 17.6. The molecule has 0 bridgehead atoms. The van der Waals surface area contributed by atoms with Crippen LogP contribution in [-0.4, -0.2) is 99.6 Å². The van der Waals surface area contributed by atoms with Crippen molar-refractivity contribution in [3.8, 4) is 0 Å². The maximum atomic E-state index is 13.4. The summed E-state index contributed by atoms with van der Waals surface area (Å²) in [5.41, 5.74) is 0. The van der Waals surface area contributed by atoms with Gasteiger partial charge in [-0.15, -0.1) is 0 Å². The van der Waals surface area contributed by atoms with E-state index in [4.69, 9.17) is 14.2 Å². The van der Waals surface area contributed by atoms with Gasteiger partial charge in [0.2, 0.25) is 5.91 Å². The van der Waals surface area contributed by atoms with Crippen LogP contribution < -0.4 is 5.32 Å². The van der Waals surface area contributed by atoms with Crippen molar-refractivity contribution in [2.24, 2.45) is 0 Å². The summed E-state index contributed by atoms with van der Waals surface area (Å²) in [5, 5.41) is 56.8. The molecule has 1 amide bonds. The highest BCUT2D eigenvalue weighted by Crippen LogP contribution is 2.26. The highest BCUT2D eigenvalue weighted by molar-refractivity contribution is 5.80. The molecule has 1 saturated heterocycles. The van der Waals surface area contributed by atoms with E-state index in [9.17, 15) is 35.1 Å². The molecular formula is C68H117NO10. The fourth-order valence-corrected chi connectivity index (χ4v) is 9.49. The number of esters is 1. The molecule has 11 heteroatoms. The number of carbonyl (C=O) groups is 2. The average Bonchev–Trinajstić information content (AvgIpc) is 3.44. The molecule has 79 heavy (non-hydrogen) atoms. The van der Waals surface area contributed by atoms with Crippen LogP contribution in [0.4, 0.5) is 0 Å². The predicted molar refractivity (Wildman–Crippen MR) is 329 cm³/mol. The zero-order valence-corrected chi connectivity index (χ0v) is 50.2. The molecule has 0 aliphatic carbocycles. The quantitative estimate of drug-likeness (QED) is 0.0149. The summed E-state index contributed by atoms with van der Waals surface area (Å²) in [6.45, 7) is 5.58. The second-order valence-corrected chi connectivity index (χ2v) is 21.8. The highest BCUT2D eigenvalue weighted by Gasteiger charge is 2.47. The van der Waals surface area contributed by atoms with E-state index in [1.807, 2.05) is 48.6 Å². The molecule has 1 rings (SSSR count). The fourth-order valence-electron chi connectivity index (χ4n) is 9.49. The lowest BCUT2D eigenvalue weighted by atomic mass is 9.99. The molecule has 454 valence electrons. The first-order chi connectivity index (χ1) is 38.7. The van der Waals surface area contributed by atoms with Crippen molar-refractivity contribution in [2.45, 2.75) is 307 Å². The molecule has 0 radical (unpaired) electrons. The van der Waals surface area contributed by atoms with E-state index in [1.165, 1.54) is 135 Å². The molecule has 1 aliphatic heterocycles. The third kappa shape index (κ3) is 43.0. The smallest absolute Gasteiger partial charge is 0.306 e. The first-order valence-corrected chi connectivity index (χ1v) is 32.1. The zero-order chi connectivity index (χ0) is 57.5. The topological polar surface area (TPSA) is 175 Å². The minimum Gasteiger partial charge on any atom is -0.454 e. The van der Waals surface area contributed by atoms with E-state index in [0.717, 1.165) is 77.0 Å². The number of aliphatic hydroxyl groups excluding tert-OH is 5. The Morgan fingerprint density at radius 1 is 0.519 bits per heavy atom. The van der Waals surface area contributed by atoms with Gasteiger partial charge in [-0.25, -0.2) is 0 Å². The Balaban J connectivity index is 2.56. The number of nitrogens with one attached hydrogen (secondary N) is 1. The lowest BCUT2D eigenvalue weighted by Crippen LogP contribution is -2.61. The number of carbonyl (C=O) groups excluding carboxylic acids is 2. The van der Waals surface area contributed by atoms with Crippen molar-refractivity contribution in [3.05, 3.63) is 97.2 Å². The van der Waals surface area contributed by atoms with Crippen LogP contribution in [-0.2, 0) is 23.8 Å². The Morgan fingerprint density at radius 3 is 1.51 bits per heavy atom. The number of amides is 1. The fraction of sp³-hybridized carbons (Fsp3) is 0.735. The van der Waals surface area contributed by atoms with Crippen molar-refractivity contribution in [1.82, 2.24) is 5.32 Å². The molecule has 1 fully saturated rings. The van der Waals surface area contributed by atoms with E-state index < -0.39 is 67.4 Å². The number of allylic oxidation sites excluding steroid dienone is 15. The van der Waals surface area contributed by atoms with E-state index in [-0.39, 0.29) is 19.4 Å². The summed E-state index contributed by atoms with van der Waals surface area (Å²) in [7, 11) is 0. The van der Waals surface area contributed by atoms with E-state index in [1.54, 1.807) is 6.08 Å². The molecule has 8 atom stereocenters. The maximum absolute atomic E-state index is 13.4. The van der Waals surface area contributed by atoms with Gasteiger partial charge in [-0.05, 0) is 83.5 Å². The van der Waals surface area contributed by atoms with Crippen molar-refractivity contribution in [2.75, 3.05) is 13.2 Å². The Labute approximate surface area is 482 Å². The lowest BCUT2D eigenvalue weighted by Gasteiger charge is -2.41. The molecule has 0 aromatic carbocycles. The molecular weight excluding hydrogens is 991 g/mol. The van der Waals surface area contributed by atoms with Crippen LogP contribution in [0.5, 0.6) is 0 Å². The summed E-state index contributed by atoms with van der Waals surface area (Å²) in [6.07, 6.45) is 63.3. The summed E-state index contributed by atoms with van der Waals surface area (Å²) in [5.74, 6) is -1.24. The molecule has 1 heterocycles. The molecule has 11 nitrogen and oxygen atoms in total. The van der Waals surface area contributed by atoms with Crippen LogP contribution in [0.1, 0.15) is 258 Å². The van der Waals surface area contributed by atoms with Crippen LogP contribution in [0.3, 0.4) is 0 Å². The SMILES string of the molecule is CC/C=C/C=C/C=C\C=C/CCCCC(O)C(=O)NC(COC1OC(CO)C(O)C(O)C1OC(=O)CCCCCCCCCCCCCCCC/C=C\C/C=C\C/C=C\CCCCC)C(O)/C=C/CCCCCCCCCCC. The molecule has 0 saturated carbocycles. The van der Waals surface area contributed by atoms with Crippen LogP contribution in [0.2, 0.25) is 0 Å². The molecule has 0 aromatic heterocycles. The van der Waals surface area contributed by atoms with Crippen molar-refractivity contribution < 1.29 is 49.3 Å². The Morgan fingerprint density at radius 2 is 0.962 bits per heavy atom. The number of aliphatic hydroxyl groups is 5. The third-order valence-corrected chi connectivity index (χ3v) is 14.6. The predicted octanol–water partition coefficient (Wildman–Crippen LogP) is 15.5. The van der Waals surface area contributed by atoms with E-state index >= 15 is 0 Å². The maximum Gasteiger partial charge on any atom is 0.306 e. The van der Waals surface area contributed by atoms with Gasteiger partial charge >= 0.3 is 5.97 Å². The second-order valence-electron chi connectivity index (χ2n) is 21.8. The van der Waals surface area contributed by atoms with Crippen LogP contribution >= 0.6 is 0 Å². The summed E-state index contributed by atoms with van der Waals surface area (Å²) >= 11 is 0. The van der Waals surface area contributed by atoms with Gasteiger partial charge in [-0.2, -0.15) is 0 Å². The van der Waals surface area contributed by atoms with Crippen LogP contribution in [0.25, 0.3) is 0 Å². The average molecular weight is 1110 g/mol. The van der Waals surface area contributed by atoms with Gasteiger partial charge in [0.05, 0.1) is 25.4 Å². The van der Waals surface area contributed by atoms with Gasteiger partial charge in [0, 0.05) is 6.42 Å². The standard InChI is InChI=1S/C68H117NO10/c1-4-7-10-13-16-19-22-24-25-26-27-28-29-30-31-32-33-34-35-36-37-38-41-44-47-50-53-56-63(73)79-66-65(75)64(74)62(57-70)78-68(66)77-58-59(60(71)54-51-48-45-42-39-21-18-15-12-9-6-3)69-67(76)61(72)55-52-49-46-43-40-23-20-17-14-11-8-5-2/h8,11,14,16-17,19-20,23-25,27-28,40,43,51,54,59-62,64-66,68,70-72,74-75H,4-7,9-10,12-13,15,18,21-22,26,29-39,41-42,44-50,52-53,55-58H2,1-3H3,(H,69,76)/b11-8+,17-14+,19-16-,23-20-,25-24-,28-27-,43-40-,54-51+. The number of hydrogen-bond acceptors (Lipinski definition) is 10. The van der Waals surface area contributed by atoms with Crippen molar-refractivity contribution in [1.29, 1.82) is 0 Å². The second kappa shape index (κ2) is 55.1. The Hall–Kier alpha value is -3.42. The van der Waals surface area contributed by atoms with Gasteiger partial charge in [0.25, 0.3) is 0 Å². The summed E-state index contributed by atoms with van der Waals surface area (Å²) in [4.78, 5) is 26.5. The number of ether oxygens (including phenoxy) is 3. The van der Waals surface area contributed by atoms with Gasteiger partial charge < -0.3 is 45.1 Å². The van der Waals surface area contributed by atoms with Gasteiger partial charge in [-0.3, -0.25) is 9.59 Å². The number of rotatable bonds is 53. The minimum atomic E-state index is -1.63. The van der Waals surface area contributed by atoms with Crippen LogP contribution in [0.15, 0.2) is 97.2 Å². The monoisotopic (exact) mass is 1110 g/mol. The Kier molecular flexibility index (Phi) is 51.4. The number of hydrogen-bond donors (Lipinski definition) is 6. The molecule has 1 aliphatic rings. The van der Waals surface area contributed by atoms with E-state index in [0.29, 0.717) is 12.8 Å². The molecule has 8 unspecified atom stereocenters. The Bertz CT molecular complexity index is 1650. The minimum absolute atomic E-state index is 0.114. The largest absolute Gasteiger partial charge is 0.454 e. The molecule has 6 N–H and O–H groups in total. The third-order valence-electron chi connectivity index (χ3n) is 14.6. The summed E-state index contributed by atoms with van der Waals surface area (Å²) in [6, 6.07) is -1.05.